The Kier molecular flexibility index (Phi) is 3.23. The van der Waals surface area contributed by atoms with Crippen molar-refractivity contribution in [2.45, 2.75) is 38.9 Å². The van der Waals surface area contributed by atoms with Crippen molar-refractivity contribution in [2.75, 3.05) is 6.61 Å². The lowest BCUT2D eigenvalue weighted by Gasteiger charge is -2.58. The number of imidazole rings is 1. The molecule has 2 aliphatic rings. The van der Waals surface area contributed by atoms with E-state index < -0.39 is 0 Å². The third-order valence-corrected chi connectivity index (χ3v) is 5.42. The van der Waals surface area contributed by atoms with Gasteiger partial charge in [-0.25, -0.2) is 9.78 Å². The van der Waals surface area contributed by atoms with Gasteiger partial charge in [0.15, 0.2) is 0 Å². The normalized spacial score (nSPS) is 28.9. The Bertz CT molecular complexity index is 765. The predicted octanol–water partition coefficient (Wildman–Crippen LogP) is 2.93. The average Bonchev–Trinajstić information content (AvgIpc) is 2.93. The maximum Gasteiger partial charge on any atom is 0.338 e. The van der Waals surface area contributed by atoms with Crippen LogP contribution in [-0.4, -0.2) is 34.3 Å². The number of benzene rings is 1. The van der Waals surface area contributed by atoms with Gasteiger partial charge in [0, 0.05) is 25.0 Å². The molecule has 5 heteroatoms. The molecule has 2 heterocycles. The molecule has 1 aliphatic heterocycles. The van der Waals surface area contributed by atoms with E-state index in [1.165, 1.54) is 0 Å². The van der Waals surface area contributed by atoms with Gasteiger partial charge in [-0.15, -0.1) is 0 Å². The van der Waals surface area contributed by atoms with Crippen molar-refractivity contribution in [3.8, 4) is 0 Å². The summed E-state index contributed by atoms with van der Waals surface area (Å²) in [4.78, 5) is 16.9. The van der Waals surface area contributed by atoms with Gasteiger partial charge in [-0.3, -0.25) is 0 Å². The number of aromatic nitrogens is 2. The van der Waals surface area contributed by atoms with Crippen LogP contribution in [0.5, 0.6) is 0 Å². The van der Waals surface area contributed by atoms with Gasteiger partial charge in [-0.2, -0.15) is 0 Å². The molecule has 0 amide bonds. The van der Waals surface area contributed by atoms with Crippen LogP contribution < -0.4 is 0 Å². The zero-order valence-electron chi connectivity index (χ0n) is 13.8. The van der Waals surface area contributed by atoms with E-state index in [1.54, 1.807) is 12.4 Å². The van der Waals surface area contributed by atoms with Crippen molar-refractivity contribution in [3.63, 3.8) is 0 Å². The largest absolute Gasteiger partial charge is 0.458 e. The summed E-state index contributed by atoms with van der Waals surface area (Å²) in [5.41, 5.74) is 2.27. The molecule has 2 fully saturated rings. The maximum atomic E-state index is 12.6. The second kappa shape index (κ2) is 5.06. The number of carbonyl (C=O) groups is 1. The van der Waals surface area contributed by atoms with Crippen LogP contribution in [-0.2, 0) is 16.5 Å². The number of hydrogen-bond donors (Lipinski definition) is 0. The van der Waals surface area contributed by atoms with E-state index >= 15 is 0 Å². The topological polar surface area (TPSA) is 53.4 Å². The fraction of sp³-hybridized carbons (Fsp3) is 0.556. The Hall–Kier alpha value is -1.88. The molecular weight excluding hydrogens is 292 g/mol. The van der Waals surface area contributed by atoms with Crippen molar-refractivity contribution >= 4 is 17.0 Å². The van der Waals surface area contributed by atoms with Crippen molar-refractivity contribution < 1.29 is 14.3 Å². The van der Waals surface area contributed by atoms with Gasteiger partial charge in [-0.05, 0) is 31.0 Å². The number of carbonyl (C=O) groups excluding carboxylic acids is 1. The summed E-state index contributed by atoms with van der Waals surface area (Å²) < 4.78 is 13.7. The standard InChI is InChI=1S/C18H22N2O3/c1-18(2)15-12(5-4-8-22-15)16(18)23-17(21)11-6-7-14-13(9-11)19-10-20(14)3/h6-7,9-10,12,15-16H,4-5,8H2,1-3H3/t12-,15-,16-/m1/s1. The van der Waals surface area contributed by atoms with E-state index in [1.807, 2.05) is 23.7 Å². The van der Waals surface area contributed by atoms with Crippen LogP contribution in [0.2, 0.25) is 0 Å². The highest BCUT2D eigenvalue weighted by Crippen LogP contribution is 2.53. The van der Waals surface area contributed by atoms with E-state index in [0.717, 1.165) is 30.5 Å². The molecule has 0 N–H and O–H groups in total. The first-order chi connectivity index (χ1) is 11.0. The van der Waals surface area contributed by atoms with Gasteiger partial charge < -0.3 is 14.0 Å². The highest BCUT2D eigenvalue weighted by Gasteiger charge is 2.60. The summed E-state index contributed by atoms with van der Waals surface area (Å²) in [5, 5.41) is 0. The zero-order valence-corrected chi connectivity index (χ0v) is 13.8. The molecule has 0 bridgehead atoms. The monoisotopic (exact) mass is 314 g/mol. The lowest BCUT2D eigenvalue weighted by Crippen LogP contribution is -2.65. The zero-order chi connectivity index (χ0) is 16.2. The number of fused-ring (bicyclic) bond motifs is 2. The van der Waals surface area contributed by atoms with Gasteiger partial charge in [0.2, 0.25) is 0 Å². The minimum absolute atomic E-state index is 0.0697. The van der Waals surface area contributed by atoms with Gasteiger partial charge in [-0.1, -0.05) is 13.8 Å². The molecule has 5 nitrogen and oxygen atoms in total. The number of ether oxygens (including phenoxy) is 2. The summed E-state index contributed by atoms with van der Waals surface area (Å²) >= 11 is 0. The quantitative estimate of drug-likeness (QED) is 0.800. The van der Waals surface area contributed by atoms with Crippen molar-refractivity contribution in [2.24, 2.45) is 18.4 Å². The van der Waals surface area contributed by atoms with E-state index in [9.17, 15) is 4.79 Å². The molecule has 0 radical (unpaired) electrons. The van der Waals surface area contributed by atoms with Crippen molar-refractivity contribution in [1.29, 1.82) is 0 Å². The number of nitrogens with zero attached hydrogens (tertiary/aromatic N) is 2. The Balaban J connectivity index is 1.54. The van der Waals surface area contributed by atoms with Crippen LogP contribution in [0, 0.1) is 11.3 Å². The first-order valence-corrected chi connectivity index (χ1v) is 8.22. The molecule has 122 valence electrons. The fourth-order valence-electron chi connectivity index (χ4n) is 4.16. The summed E-state index contributed by atoms with van der Waals surface area (Å²) in [6, 6.07) is 5.53. The Morgan fingerprint density at radius 2 is 2.26 bits per heavy atom. The second-order valence-corrected chi connectivity index (χ2v) is 7.30. The van der Waals surface area contributed by atoms with Crippen LogP contribution in [0.25, 0.3) is 11.0 Å². The predicted molar refractivity (Wildman–Crippen MR) is 86.2 cm³/mol. The first-order valence-electron chi connectivity index (χ1n) is 8.22. The van der Waals surface area contributed by atoms with Gasteiger partial charge in [0.05, 0.1) is 29.0 Å². The molecule has 4 rings (SSSR count). The number of rotatable bonds is 2. The average molecular weight is 314 g/mol. The third-order valence-electron chi connectivity index (χ3n) is 5.42. The highest BCUT2D eigenvalue weighted by molar-refractivity contribution is 5.93. The summed E-state index contributed by atoms with van der Waals surface area (Å²) in [5.74, 6) is 0.0703. The van der Waals surface area contributed by atoms with Crippen molar-refractivity contribution in [3.05, 3.63) is 30.1 Å². The number of aryl methyl sites for hydroxylation is 1. The molecule has 2 aromatic rings. The van der Waals surface area contributed by atoms with Gasteiger partial charge >= 0.3 is 5.97 Å². The lowest BCUT2D eigenvalue weighted by atomic mass is 9.57. The number of hydrogen-bond acceptors (Lipinski definition) is 4. The summed E-state index contributed by atoms with van der Waals surface area (Å²) in [6.45, 7) is 5.07. The van der Waals surface area contributed by atoms with Crippen LogP contribution in [0.3, 0.4) is 0 Å². The molecular formula is C18H22N2O3. The SMILES string of the molecule is Cn1cnc2cc(C(=O)O[C@@H]3[C@@H]4CCCO[C@H]4C3(C)C)ccc21. The van der Waals surface area contributed by atoms with Gasteiger partial charge in [0.1, 0.15) is 6.10 Å². The van der Waals surface area contributed by atoms with E-state index in [4.69, 9.17) is 9.47 Å². The van der Waals surface area contributed by atoms with E-state index in [-0.39, 0.29) is 23.6 Å². The molecule has 0 unspecified atom stereocenters. The highest BCUT2D eigenvalue weighted by atomic mass is 16.6. The van der Waals surface area contributed by atoms with Gasteiger partial charge in [0.25, 0.3) is 0 Å². The van der Waals surface area contributed by atoms with Crippen LogP contribution in [0.4, 0.5) is 0 Å². The Morgan fingerprint density at radius 1 is 1.43 bits per heavy atom. The molecule has 1 saturated heterocycles. The van der Waals surface area contributed by atoms with E-state index in [2.05, 4.69) is 18.8 Å². The number of esters is 1. The maximum absolute atomic E-state index is 12.6. The summed E-state index contributed by atoms with van der Waals surface area (Å²) in [7, 11) is 1.94. The molecule has 3 atom stereocenters. The van der Waals surface area contributed by atoms with Crippen LogP contribution in [0.15, 0.2) is 24.5 Å². The molecule has 1 aliphatic carbocycles. The summed E-state index contributed by atoms with van der Waals surface area (Å²) in [6.07, 6.45) is 4.02. The third kappa shape index (κ3) is 2.17. The van der Waals surface area contributed by atoms with E-state index in [0.29, 0.717) is 11.5 Å². The minimum atomic E-state index is -0.264. The lowest BCUT2D eigenvalue weighted by molar-refractivity contribution is -0.243. The van der Waals surface area contributed by atoms with Crippen molar-refractivity contribution in [1.82, 2.24) is 9.55 Å². The minimum Gasteiger partial charge on any atom is -0.458 e. The first kappa shape index (κ1) is 14.7. The molecule has 0 spiro atoms. The van der Waals surface area contributed by atoms with Crippen LogP contribution in [0.1, 0.15) is 37.0 Å². The smallest absolute Gasteiger partial charge is 0.338 e. The second-order valence-electron chi connectivity index (χ2n) is 7.30. The molecule has 1 aromatic heterocycles. The molecule has 1 aromatic carbocycles. The molecule has 1 saturated carbocycles. The Morgan fingerprint density at radius 3 is 3.09 bits per heavy atom. The van der Waals surface area contributed by atoms with Crippen LogP contribution >= 0.6 is 0 Å². The molecule has 23 heavy (non-hydrogen) atoms. The Labute approximate surface area is 135 Å². The fourth-order valence-corrected chi connectivity index (χ4v) is 4.16.